The summed E-state index contributed by atoms with van der Waals surface area (Å²) in [5, 5.41) is 0. The van der Waals surface area contributed by atoms with Crippen LogP contribution in [0.2, 0.25) is 0 Å². The molecule has 0 bridgehead atoms. The number of aromatic amines is 1. The van der Waals surface area contributed by atoms with E-state index < -0.39 is 0 Å². The van der Waals surface area contributed by atoms with Crippen LogP contribution in [0, 0.1) is 13.8 Å². The molecule has 18 heavy (non-hydrogen) atoms. The first-order valence-electron chi connectivity index (χ1n) is 6.81. The normalized spacial score (nSPS) is 9.72. The fourth-order valence-electron chi connectivity index (χ4n) is 1.40. The van der Waals surface area contributed by atoms with Gasteiger partial charge in [0, 0.05) is 11.4 Å². The van der Waals surface area contributed by atoms with Crippen LogP contribution in [0.1, 0.15) is 57.1 Å². The molecule has 1 aromatic rings. The Balaban J connectivity index is 0. The topological polar surface area (TPSA) is 15.8 Å². The molecule has 1 heterocycles. The maximum atomic E-state index is 3.66. The van der Waals surface area contributed by atoms with Crippen LogP contribution in [0.4, 0.5) is 0 Å². The molecular weight excluding hydrogens is 218 g/mol. The molecule has 1 N–H and O–H groups in total. The molecule has 1 rings (SSSR count). The van der Waals surface area contributed by atoms with E-state index in [1.54, 1.807) is 6.08 Å². The highest BCUT2D eigenvalue weighted by atomic mass is 14.7. The Morgan fingerprint density at radius 3 is 1.72 bits per heavy atom. The maximum absolute atomic E-state index is 3.66. The fraction of sp³-hybridized carbons (Fsp3) is 0.412. The maximum Gasteiger partial charge on any atom is 0.0417 e. The van der Waals surface area contributed by atoms with Crippen molar-refractivity contribution in [3.63, 3.8) is 0 Å². The summed E-state index contributed by atoms with van der Waals surface area (Å²) >= 11 is 0. The number of rotatable bonds is 3. The van der Waals surface area contributed by atoms with Crippen LogP contribution in [-0.4, -0.2) is 4.98 Å². The second-order valence-electron chi connectivity index (χ2n) is 3.30. The molecule has 102 valence electrons. The Hall–Kier alpha value is -1.50. The van der Waals surface area contributed by atoms with Crippen molar-refractivity contribution in [2.45, 2.75) is 48.5 Å². The van der Waals surface area contributed by atoms with Crippen molar-refractivity contribution in [2.24, 2.45) is 0 Å². The smallest absolute Gasteiger partial charge is 0.0417 e. The summed E-state index contributed by atoms with van der Waals surface area (Å²) in [5.74, 6) is 0. The summed E-state index contributed by atoms with van der Waals surface area (Å²) in [6.07, 6.45) is 9.90. The Labute approximate surface area is 113 Å². The van der Waals surface area contributed by atoms with Gasteiger partial charge in [-0.05, 0) is 44.1 Å². The quantitative estimate of drug-likeness (QED) is 0.638. The van der Waals surface area contributed by atoms with Crippen molar-refractivity contribution < 1.29 is 0 Å². The number of hydrogen-bond donors (Lipinski definition) is 1. The van der Waals surface area contributed by atoms with Gasteiger partial charge in [-0.2, -0.15) is 0 Å². The second-order valence-corrected chi connectivity index (χ2v) is 3.30. The largest absolute Gasteiger partial charge is 0.355 e. The Morgan fingerprint density at radius 1 is 0.889 bits per heavy atom. The number of allylic oxidation sites excluding steroid dienone is 3. The average Bonchev–Trinajstić information content (AvgIpc) is 2.70. The molecule has 0 saturated carbocycles. The molecule has 0 radical (unpaired) electrons. The van der Waals surface area contributed by atoms with Gasteiger partial charge >= 0.3 is 0 Å². The summed E-state index contributed by atoms with van der Waals surface area (Å²) in [6, 6.07) is 0. The zero-order valence-corrected chi connectivity index (χ0v) is 13.1. The van der Waals surface area contributed by atoms with Crippen LogP contribution >= 0.6 is 0 Å². The third-order valence-corrected chi connectivity index (χ3v) is 2.37. The minimum absolute atomic E-state index is 1.16. The predicted octanol–water partition coefficient (Wildman–Crippen LogP) is 5.92. The molecule has 0 saturated heterocycles. The molecule has 0 aliphatic heterocycles. The van der Waals surface area contributed by atoms with Crippen molar-refractivity contribution in [3.8, 4) is 0 Å². The van der Waals surface area contributed by atoms with E-state index in [-0.39, 0.29) is 0 Å². The molecular formula is C17H29N. The molecule has 0 atom stereocenters. The minimum atomic E-state index is 1.16. The lowest BCUT2D eigenvalue weighted by Gasteiger charge is -1.90. The zero-order valence-electron chi connectivity index (χ0n) is 13.1. The SMILES string of the molecule is C=C/C=C\c1[nH]c(/C=C\C)c(C)c1C.CC.CC. The number of aromatic nitrogens is 1. The van der Waals surface area contributed by atoms with Crippen molar-refractivity contribution in [1.82, 2.24) is 4.98 Å². The van der Waals surface area contributed by atoms with Gasteiger partial charge in [0.2, 0.25) is 0 Å². The van der Waals surface area contributed by atoms with Crippen LogP contribution < -0.4 is 0 Å². The van der Waals surface area contributed by atoms with E-state index in [4.69, 9.17) is 0 Å². The van der Waals surface area contributed by atoms with E-state index in [9.17, 15) is 0 Å². The van der Waals surface area contributed by atoms with Crippen molar-refractivity contribution in [2.75, 3.05) is 0 Å². The van der Waals surface area contributed by atoms with E-state index >= 15 is 0 Å². The van der Waals surface area contributed by atoms with E-state index in [1.165, 1.54) is 16.8 Å². The number of hydrogen-bond acceptors (Lipinski definition) is 0. The fourth-order valence-corrected chi connectivity index (χ4v) is 1.40. The Morgan fingerprint density at radius 2 is 1.33 bits per heavy atom. The van der Waals surface area contributed by atoms with Crippen molar-refractivity contribution in [3.05, 3.63) is 47.3 Å². The molecule has 0 spiro atoms. The molecule has 1 heteroatoms. The van der Waals surface area contributed by atoms with Gasteiger partial charge in [0.05, 0.1) is 0 Å². The Kier molecular flexibility index (Phi) is 12.5. The molecule has 0 aromatic carbocycles. The molecule has 1 aromatic heterocycles. The van der Waals surface area contributed by atoms with Crippen molar-refractivity contribution >= 4 is 12.2 Å². The molecule has 0 aliphatic carbocycles. The third-order valence-electron chi connectivity index (χ3n) is 2.37. The molecule has 0 unspecified atom stereocenters. The number of nitrogens with one attached hydrogen (secondary N) is 1. The van der Waals surface area contributed by atoms with E-state index in [0.717, 1.165) is 5.69 Å². The lowest BCUT2D eigenvalue weighted by Crippen LogP contribution is -1.75. The number of H-pyrrole nitrogens is 1. The van der Waals surface area contributed by atoms with Gasteiger partial charge < -0.3 is 4.98 Å². The van der Waals surface area contributed by atoms with E-state index in [1.807, 2.05) is 52.8 Å². The lowest BCUT2D eigenvalue weighted by molar-refractivity contribution is 1.32. The van der Waals surface area contributed by atoms with E-state index in [2.05, 4.69) is 31.5 Å². The van der Waals surface area contributed by atoms with Gasteiger partial charge in [0.1, 0.15) is 0 Å². The van der Waals surface area contributed by atoms with Crippen LogP contribution in [0.15, 0.2) is 24.8 Å². The average molecular weight is 247 g/mol. The molecule has 0 amide bonds. The highest BCUT2D eigenvalue weighted by Gasteiger charge is 2.05. The van der Waals surface area contributed by atoms with Crippen LogP contribution in [0.25, 0.3) is 12.2 Å². The van der Waals surface area contributed by atoms with Crippen LogP contribution in [0.5, 0.6) is 0 Å². The van der Waals surface area contributed by atoms with Gasteiger partial charge in [-0.25, -0.2) is 0 Å². The highest BCUT2D eigenvalue weighted by molar-refractivity contribution is 5.61. The lowest BCUT2D eigenvalue weighted by atomic mass is 10.1. The molecule has 1 nitrogen and oxygen atoms in total. The third kappa shape index (κ3) is 5.72. The Bertz CT molecular complexity index is 379. The first-order chi connectivity index (χ1) is 8.70. The van der Waals surface area contributed by atoms with E-state index in [0.29, 0.717) is 0 Å². The van der Waals surface area contributed by atoms with Crippen LogP contribution in [-0.2, 0) is 0 Å². The van der Waals surface area contributed by atoms with Crippen LogP contribution in [0.3, 0.4) is 0 Å². The van der Waals surface area contributed by atoms with Gasteiger partial charge in [-0.3, -0.25) is 0 Å². The first-order valence-corrected chi connectivity index (χ1v) is 6.81. The standard InChI is InChI=1S/C13H17N.2C2H6/c1-5-7-9-13-11(4)10(3)12(14-13)8-6-2;2*1-2/h5-9,14H,1H2,2-4H3;2*1-2H3/b8-6-,9-7-;;. The van der Waals surface area contributed by atoms with Gasteiger partial charge in [0.25, 0.3) is 0 Å². The zero-order chi connectivity index (χ0) is 14.6. The monoisotopic (exact) mass is 247 g/mol. The van der Waals surface area contributed by atoms with Gasteiger partial charge in [-0.15, -0.1) is 0 Å². The second kappa shape index (κ2) is 12.0. The van der Waals surface area contributed by atoms with Crippen molar-refractivity contribution in [1.29, 1.82) is 0 Å². The first kappa shape index (κ1) is 18.9. The van der Waals surface area contributed by atoms with Gasteiger partial charge in [0.15, 0.2) is 0 Å². The summed E-state index contributed by atoms with van der Waals surface area (Å²) in [4.78, 5) is 3.36. The highest BCUT2D eigenvalue weighted by Crippen LogP contribution is 2.19. The summed E-state index contributed by atoms with van der Waals surface area (Å²) in [5.41, 5.74) is 4.97. The summed E-state index contributed by atoms with van der Waals surface area (Å²) < 4.78 is 0. The minimum Gasteiger partial charge on any atom is -0.355 e. The van der Waals surface area contributed by atoms with Gasteiger partial charge in [-0.1, -0.05) is 52.5 Å². The molecule has 0 fully saturated rings. The summed E-state index contributed by atoms with van der Waals surface area (Å²) in [7, 11) is 0. The summed E-state index contributed by atoms with van der Waals surface area (Å²) in [6.45, 7) is 17.9. The molecule has 0 aliphatic rings. The predicted molar refractivity (Wildman–Crippen MR) is 86.9 cm³/mol.